The Morgan fingerprint density at radius 2 is 1.57 bits per heavy atom. The van der Waals surface area contributed by atoms with Crippen molar-refractivity contribution in [2.24, 2.45) is 10.8 Å². The maximum Gasteiger partial charge on any atom is 0.162 e. The first-order chi connectivity index (χ1) is 16.4. The summed E-state index contributed by atoms with van der Waals surface area (Å²) in [7, 11) is 0. The van der Waals surface area contributed by atoms with Gasteiger partial charge in [-0.25, -0.2) is 0 Å². The summed E-state index contributed by atoms with van der Waals surface area (Å²) in [5, 5.41) is 11.4. The third-order valence-corrected chi connectivity index (χ3v) is 7.10. The van der Waals surface area contributed by atoms with Crippen LogP contribution >= 0.6 is 0 Å². The highest BCUT2D eigenvalue weighted by molar-refractivity contribution is 6.07. The van der Waals surface area contributed by atoms with Crippen LogP contribution in [0.15, 0.2) is 46.8 Å². The van der Waals surface area contributed by atoms with E-state index < -0.39 is 11.9 Å². The number of terminal acetylenes is 1. The van der Waals surface area contributed by atoms with Crippen molar-refractivity contribution in [1.82, 2.24) is 4.90 Å². The second-order valence-electron chi connectivity index (χ2n) is 11.3. The molecule has 6 heteroatoms. The highest BCUT2D eigenvalue weighted by Crippen LogP contribution is 2.55. The van der Waals surface area contributed by atoms with Crippen LogP contribution in [0.3, 0.4) is 0 Å². The van der Waals surface area contributed by atoms with Crippen molar-refractivity contribution in [3.63, 3.8) is 0 Å². The number of para-hydroxylation sites is 1. The molecule has 4 rings (SSSR count). The van der Waals surface area contributed by atoms with E-state index in [1.165, 1.54) is 0 Å². The van der Waals surface area contributed by atoms with E-state index >= 15 is 0 Å². The second kappa shape index (κ2) is 9.03. The smallest absolute Gasteiger partial charge is 0.162 e. The number of benzene rings is 1. The Balaban J connectivity index is 1.99. The summed E-state index contributed by atoms with van der Waals surface area (Å²) in [6, 6.07) is 7.41. The normalized spacial score (nSPS) is 21.4. The fourth-order valence-corrected chi connectivity index (χ4v) is 5.80. The standard InChI is InChI=1S/C29H33NO5/c1-6-13-35-23-10-8-7-9-18(23)25-26-19(14-28(2,3)16-21(26)31)30(12-11-24(33)34)20-15-29(4,5)17-22(32)27(20)25/h1,7-10,25H,11-17H2,2-5H3,(H,33,34)/p-1. The Morgan fingerprint density at radius 1 is 1.03 bits per heavy atom. The van der Waals surface area contributed by atoms with Gasteiger partial charge in [-0.2, -0.15) is 0 Å². The molecule has 0 atom stereocenters. The molecule has 0 aromatic heterocycles. The molecule has 0 bridgehead atoms. The van der Waals surface area contributed by atoms with Gasteiger partial charge in [0.05, 0.1) is 0 Å². The molecule has 0 saturated heterocycles. The quantitative estimate of drug-likeness (QED) is 0.587. The fraction of sp³-hybridized carbons (Fsp3) is 0.483. The van der Waals surface area contributed by atoms with Crippen LogP contribution < -0.4 is 9.84 Å². The van der Waals surface area contributed by atoms with Gasteiger partial charge >= 0.3 is 0 Å². The van der Waals surface area contributed by atoms with Gasteiger partial charge < -0.3 is 19.5 Å². The summed E-state index contributed by atoms with van der Waals surface area (Å²) in [5.41, 5.74) is 2.95. The van der Waals surface area contributed by atoms with Crippen LogP contribution in [0.1, 0.15) is 71.3 Å². The van der Waals surface area contributed by atoms with Crippen LogP contribution in [0, 0.1) is 23.2 Å². The van der Waals surface area contributed by atoms with Crippen LogP contribution in [0.25, 0.3) is 0 Å². The van der Waals surface area contributed by atoms with Crippen molar-refractivity contribution in [3.05, 3.63) is 52.4 Å². The SMILES string of the molecule is C#CCOc1ccccc1C1C2=C(CC(C)(C)CC2=O)N(CCC(=O)[O-])C2=C1C(=O)CC(C)(C)C2. The van der Waals surface area contributed by atoms with E-state index in [0.29, 0.717) is 42.6 Å². The predicted molar refractivity (Wildman–Crippen MR) is 130 cm³/mol. The molecule has 1 aromatic carbocycles. The Hall–Kier alpha value is -3.33. The first-order valence-electron chi connectivity index (χ1n) is 12.1. The molecule has 2 aliphatic carbocycles. The Kier molecular flexibility index (Phi) is 6.40. The molecule has 6 nitrogen and oxygen atoms in total. The summed E-state index contributed by atoms with van der Waals surface area (Å²) >= 11 is 0. The van der Waals surface area contributed by atoms with E-state index in [-0.39, 0.29) is 42.0 Å². The number of allylic oxidation sites excluding steroid dienone is 4. The molecule has 184 valence electrons. The van der Waals surface area contributed by atoms with Crippen LogP contribution in [-0.2, 0) is 14.4 Å². The molecule has 0 spiro atoms. The number of ether oxygens (including phenoxy) is 1. The van der Waals surface area contributed by atoms with Gasteiger partial charge in [-0.1, -0.05) is 51.8 Å². The van der Waals surface area contributed by atoms with Crippen molar-refractivity contribution < 1.29 is 24.2 Å². The van der Waals surface area contributed by atoms with Crippen molar-refractivity contribution >= 4 is 17.5 Å². The number of carboxylic acid groups (broad SMARTS) is 1. The molecule has 3 aliphatic rings. The van der Waals surface area contributed by atoms with Crippen molar-refractivity contribution in [2.45, 2.75) is 65.7 Å². The van der Waals surface area contributed by atoms with Crippen LogP contribution in [0.2, 0.25) is 0 Å². The summed E-state index contributed by atoms with van der Waals surface area (Å²) in [5.74, 6) is 1.27. The maximum atomic E-state index is 13.7. The Labute approximate surface area is 207 Å². The largest absolute Gasteiger partial charge is 0.550 e. The minimum Gasteiger partial charge on any atom is -0.550 e. The van der Waals surface area contributed by atoms with Gasteiger partial charge in [0.1, 0.15) is 12.4 Å². The molecule has 1 aromatic rings. The molecule has 1 aliphatic heterocycles. The molecule has 0 saturated carbocycles. The molecular formula is C29H32NO5-. The van der Waals surface area contributed by atoms with Crippen LogP contribution in [0.4, 0.5) is 0 Å². The van der Waals surface area contributed by atoms with E-state index in [9.17, 15) is 19.5 Å². The number of hydrogen-bond donors (Lipinski definition) is 0. The molecule has 0 amide bonds. The lowest BCUT2D eigenvalue weighted by atomic mass is 9.63. The molecule has 35 heavy (non-hydrogen) atoms. The van der Waals surface area contributed by atoms with Gasteiger partial charge in [-0.15, -0.1) is 6.42 Å². The summed E-state index contributed by atoms with van der Waals surface area (Å²) in [4.78, 5) is 40.8. The van der Waals surface area contributed by atoms with Gasteiger partial charge in [0, 0.05) is 65.8 Å². The fourth-order valence-electron chi connectivity index (χ4n) is 5.80. The van der Waals surface area contributed by atoms with Crippen molar-refractivity contribution in [2.75, 3.05) is 13.2 Å². The number of ketones is 2. The maximum absolute atomic E-state index is 13.7. The highest BCUT2D eigenvalue weighted by Gasteiger charge is 2.49. The number of carboxylic acids is 1. The van der Waals surface area contributed by atoms with E-state index in [4.69, 9.17) is 11.2 Å². The predicted octanol–water partition coefficient (Wildman–Crippen LogP) is 3.52. The lowest BCUT2D eigenvalue weighted by molar-refractivity contribution is -0.305. The van der Waals surface area contributed by atoms with E-state index in [0.717, 1.165) is 17.0 Å². The topological polar surface area (TPSA) is 86.7 Å². The van der Waals surface area contributed by atoms with Gasteiger partial charge in [-0.05, 0) is 29.7 Å². The third-order valence-electron chi connectivity index (χ3n) is 7.10. The highest BCUT2D eigenvalue weighted by atomic mass is 16.5. The van der Waals surface area contributed by atoms with Gasteiger partial charge in [0.25, 0.3) is 0 Å². The first kappa shape index (κ1) is 24.8. The number of rotatable bonds is 6. The second-order valence-corrected chi connectivity index (χ2v) is 11.3. The minimum absolute atomic E-state index is 0.0179. The molecule has 0 radical (unpaired) electrons. The number of carbonyl (C=O) groups is 3. The Morgan fingerprint density at radius 3 is 2.09 bits per heavy atom. The first-order valence-corrected chi connectivity index (χ1v) is 12.1. The average Bonchev–Trinajstić information content (AvgIpc) is 2.74. The molecule has 0 unspecified atom stereocenters. The van der Waals surface area contributed by atoms with Crippen molar-refractivity contribution in [1.29, 1.82) is 0 Å². The summed E-state index contributed by atoms with van der Waals surface area (Å²) in [6.07, 6.45) is 7.17. The number of Topliss-reactive ketones (excluding diaryl/α,β-unsaturated/α-hetero) is 2. The monoisotopic (exact) mass is 474 g/mol. The lowest BCUT2D eigenvalue weighted by Gasteiger charge is -2.49. The van der Waals surface area contributed by atoms with Crippen LogP contribution in [0.5, 0.6) is 5.75 Å². The molecule has 0 fully saturated rings. The van der Waals surface area contributed by atoms with E-state index in [2.05, 4.69) is 5.92 Å². The van der Waals surface area contributed by atoms with Gasteiger partial charge in [0.15, 0.2) is 11.6 Å². The Bertz CT molecular complexity index is 1140. The number of aliphatic carboxylic acids is 1. The van der Waals surface area contributed by atoms with Gasteiger partial charge in [-0.3, -0.25) is 9.59 Å². The zero-order valence-electron chi connectivity index (χ0n) is 20.9. The molecular weight excluding hydrogens is 442 g/mol. The third kappa shape index (κ3) is 4.77. The average molecular weight is 475 g/mol. The molecule has 1 heterocycles. The van der Waals surface area contributed by atoms with Crippen molar-refractivity contribution in [3.8, 4) is 18.1 Å². The van der Waals surface area contributed by atoms with Gasteiger partial charge in [0.2, 0.25) is 0 Å². The molecule has 0 N–H and O–H groups in total. The number of hydrogen-bond acceptors (Lipinski definition) is 6. The lowest BCUT2D eigenvalue weighted by Crippen LogP contribution is -2.45. The number of nitrogens with zero attached hydrogens (tertiary/aromatic N) is 1. The zero-order valence-corrected chi connectivity index (χ0v) is 20.9. The number of carbonyl (C=O) groups excluding carboxylic acids is 3. The zero-order chi connectivity index (χ0) is 25.5. The summed E-state index contributed by atoms with van der Waals surface area (Å²) in [6.45, 7) is 8.42. The summed E-state index contributed by atoms with van der Waals surface area (Å²) < 4.78 is 5.85. The van der Waals surface area contributed by atoms with E-state index in [1.807, 2.05) is 56.9 Å². The minimum atomic E-state index is -1.16. The van der Waals surface area contributed by atoms with E-state index in [1.54, 1.807) is 0 Å². The van der Waals surface area contributed by atoms with Crippen LogP contribution in [-0.4, -0.2) is 35.6 Å².